The smallest absolute Gasteiger partial charge is 0.305 e. The first-order valence-corrected chi connectivity index (χ1v) is 7.03. The summed E-state index contributed by atoms with van der Waals surface area (Å²) in [5.41, 5.74) is 1.40. The Bertz CT molecular complexity index is 455. The van der Waals surface area contributed by atoms with E-state index in [1.165, 1.54) is 6.07 Å². The molecule has 0 aromatic heterocycles. The number of carboxylic acid groups (broad SMARTS) is 1. The van der Waals surface area contributed by atoms with Crippen LogP contribution in [0.25, 0.3) is 0 Å². The third kappa shape index (κ3) is 6.10. The van der Waals surface area contributed by atoms with Crippen LogP contribution < -0.4 is 10.2 Å². The Kier molecular flexibility index (Phi) is 7.71. The van der Waals surface area contributed by atoms with Crippen LogP contribution >= 0.6 is 0 Å². The molecule has 0 aliphatic carbocycles. The maximum absolute atomic E-state index is 13.9. The van der Waals surface area contributed by atoms with Gasteiger partial charge in [0, 0.05) is 33.3 Å². The van der Waals surface area contributed by atoms with E-state index in [2.05, 4.69) is 5.32 Å². The van der Waals surface area contributed by atoms with Gasteiger partial charge in [0.25, 0.3) is 0 Å². The van der Waals surface area contributed by atoms with Crippen LogP contribution in [-0.4, -0.2) is 44.4 Å². The Balaban J connectivity index is 2.72. The van der Waals surface area contributed by atoms with E-state index in [1.807, 2.05) is 6.92 Å². The Morgan fingerprint density at radius 3 is 2.86 bits per heavy atom. The van der Waals surface area contributed by atoms with Crippen LogP contribution in [0.2, 0.25) is 0 Å². The van der Waals surface area contributed by atoms with Gasteiger partial charge in [-0.1, -0.05) is 6.07 Å². The number of hydrogen-bond acceptors (Lipinski definition) is 4. The van der Waals surface area contributed by atoms with Gasteiger partial charge in [-0.2, -0.15) is 0 Å². The van der Waals surface area contributed by atoms with E-state index in [0.29, 0.717) is 31.9 Å². The number of carbonyl (C=O) groups is 1. The van der Waals surface area contributed by atoms with Gasteiger partial charge in [0.1, 0.15) is 5.82 Å². The van der Waals surface area contributed by atoms with Crippen molar-refractivity contribution in [2.24, 2.45) is 0 Å². The lowest BCUT2D eigenvalue weighted by Crippen LogP contribution is -2.27. The van der Waals surface area contributed by atoms with Crippen molar-refractivity contribution < 1.29 is 19.0 Å². The molecule has 0 saturated heterocycles. The SMILES string of the molecule is CCN(CCC(=O)O)c1cc(CNCCOC)ccc1F. The van der Waals surface area contributed by atoms with E-state index in [0.717, 1.165) is 12.1 Å². The van der Waals surface area contributed by atoms with Crippen LogP contribution in [0.15, 0.2) is 18.2 Å². The standard InChI is InChI=1S/C15H23FN2O3/c1-3-18(8-6-15(19)20)14-10-12(4-5-13(14)16)11-17-7-9-21-2/h4-5,10,17H,3,6-9,11H2,1-2H3,(H,19,20). The van der Waals surface area contributed by atoms with Gasteiger partial charge in [0.15, 0.2) is 0 Å². The molecule has 21 heavy (non-hydrogen) atoms. The molecule has 0 aliphatic rings. The summed E-state index contributed by atoms with van der Waals surface area (Å²) in [4.78, 5) is 12.4. The fraction of sp³-hybridized carbons (Fsp3) is 0.533. The van der Waals surface area contributed by atoms with Gasteiger partial charge in [-0.3, -0.25) is 4.79 Å². The second-order valence-corrected chi connectivity index (χ2v) is 4.68. The number of rotatable bonds is 10. The van der Waals surface area contributed by atoms with Crippen LogP contribution in [0.1, 0.15) is 18.9 Å². The highest BCUT2D eigenvalue weighted by Gasteiger charge is 2.12. The van der Waals surface area contributed by atoms with E-state index < -0.39 is 5.97 Å². The summed E-state index contributed by atoms with van der Waals surface area (Å²) in [6.45, 7) is 4.69. The van der Waals surface area contributed by atoms with Gasteiger partial charge in [-0.05, 0) is 24.6 Å². The van der Waals surface area contributed by atoms with Crippen molar-refractivity contribution in [3.63, 3.8) is 0 Å². The molecule has 0 fully saturated rings. The molecule has 0 saturated carbocycles. The number of methoxy groups -OCH3 is 1. The minimum Gasteiger partial charge on any atom is -0.481 e. The molecule has 2 N–H and O–H groups in total. The van der Waals surface area contributed by atoms with Crippen LogP contribution in [0.4, 0.5) is 10.1 Å². The summed E-state index contributed by atoms with van der Waals surface area (Å²) >= 11 is 0. The lowest BCUT2D eigenvalue weighted by Gasteiger charge is -2.23. The van der Waals surface area contributed by atoms with Gasteiger partial charge < -0.3 is 20.1 Å². The average molecular weight is 298 g/mol. The van der Waals surface area contributed by atoms with Crippen LogP contribution in [0.5, 0.6) is 0 Å². The fourth-order valence-electron chi connectivity index (χ4n) is 2.00. The van der Waals surface area contributed by atoms with Crippen molar-refractivity contribution >= 4 is 11.7 Å². The largest absolute Gasteiger partial charge is 0.481 e. The molecule has 0 atom stereocenters. The first kappa shape index (κ1) is 17.4. The third-order valence-electron chi connectivity index (χ3n) is 3.14. The first-order chi connectivity index (χ1) is 10.1. The van der Waals surface area contributed by atoms with Gasteiger partial charge in [0.2, 0.25) is 0 Å². The normalized spacial score (nSPS) is 10.6. The third-order valence-corrected chi connectivity index (χ3v) is 3.14. The van der Waals surface area contributed by atoms with Crippen LogP contribution in [0.3, 0.4) is 0 Å². The predicted octanol–water partition coefficient (Wildman–Crippen LogP) is 1.86. The molecular weight excluding hydrogens is 275 g/mol. The number of carboxylic acids is 1. The summed E-state index contributed by atoms with van der Waals surface area (Å²) in [5, 5.41) is 11.9. The van der Waals surface area contributed by atoms with Gasteiger partial charge in [-0.25, -0.2) is 4.39 Å². The molecule has 0 amide bonds. The molecule has 0 aliphatic heterocycles. The Morgan fingerprint density at radius 1 is 1.48 bits per heavy atom. The van der Waals surface area contributed by atoms with Gasteiger partial charge >= 0.3 is 5.97 Å². The molecule has 0 heterocycles. The van der Waals surface area contributed by atoms with E-state index in [-0.39, 0.29) is 12.2 Å². The highest BCUT2D eigenvalue weighted by atomic mass is 19.1. The molecule has 5 nitrogen and oxygen atoms in total. The van der Waals surface area contributed by atoms with E-state index in [1.54, 1.807) is 24.1 Å². The minimum absolute atomic E-state index is 0.0103. The van der Waals surface area contributed by atoms with E-state index in [9.17, 15) is 9.18 Å². The number of halogens is 1. The minimum atomic E-state index is -0.883. The average Bonchev–Trinajstić information content (AvgIpc) is 2.46. The first-order valence-electron chi connectivity index (χ1n) is 7.03. The molecule has 0 bridgehead atoms. The highest BCUT2D eigenvalue weighted by molar-refractivity contribution is 5.67. The summed E-state index contributed by atoms with van der Waals surface area (Å²) in [6, 6.07) is 4.91. The highest BCUT2D eigenvalue weighted by Crippen LogP contribution is 2.21. The molecule has 1 aromatic carbocycles. The number of hydrogen-bond donors (Lipinski definition) is 2. The van der Waals surface area contributed by atoms with Crippen LogP contribution in [-0.2, 0) is 16.1 Å². The second-order valence-electron chi connectivity index (χ2n) is 4.68. The lowest BCUT2D eigenvalue weighted by molar-refractivity contribution is -0.136. The number of ether oxygens (including phenoxy) is 1. The number of nitrogens with one attached hydrogen (secondary N) is 1. The summed E-state index contributed by atoms with van der Waals surface area (Å²) in [5.74, 6) is -1.21. The lowest BCUT2D eigenvalue weighted by atomic mass is 10.1. The topological polar surface area (TPSA) is 61.8 Å². The predicted molar refractivity (Wildman–Crippen MR) is 80.1 cm³/mol. The maximum atomic E-state index is 13.9. The van der Waals surface area contributed by atoms with Crippen molar-refractivity contribution in [1.82, 2.24) is 5.32 Å². The maximum Gasteiger partial charge on any atom is 0.305 e. The quantitative estimate of drug-likeness (QED) is 0.646. The van der Waals surface area contributed by atoms with Crippen molar-refractivity contribution in [2.45, 2.75) is 19.9 Å². The monoisotopic (exact) mass is 298 g/mol. The van der Waals surface area contributed by atoms with Crippen molar-refractivity contribution in [2.75, 3.05) is 38.3 Å². The zero-order chi connectivity index (χ0) is 15.7. The zero-order valence-electron chi connectivity index (χ0n) is 12.6. The molecule has 118 valence electrons. The second kappa shape index (κ2) is 9.31. The molecule has 0 spiro atoms. The number of benzene rings is 1. The van der Waals surface area contributed by atoms with Crippen molar-refractivity contribution in [1.29, 1.82) is 0 Å². The number of aliphatic carboxylic acids is 1. The van der Waals surface area contributed by atoms with Crippen molar-refractivity contribution in [3.05, 3.63) is 29.6 Å². The zero-order valence-corrected chi connectivity index (χ0v) is 12.6. The van der Waals surface area contributed by atoms with Crippen LogP contribution in [0, 0.1) is 5.82 Å². The molecular formula is C15H23FN2O3. The van der Waals surface area contributed by atoms with Crippen molar-refractivity contribution in [3.8, 4) is 0 Å². The van der Waals surface area contributed by atoms with E-state index in [4.69, 9.17) is 9.84 Å². The Hall–Kier alpha value is -1.66. The van der Waals surface area contributed by atoms with Gasteiger partial charge in [0.05, 0.1) is 18.7 Å². The molecule has 6 heteroatoms. The van der Waals surface area contributed by atoms with E-state index >= 15 is 0 Å². The molecule has 1 rings (SSSR count). The Labute approximate surface area is 124 Å². The molecule has 0 radical (unpaired) electrons. The molecule has 0 unspecified atom stereocenters. The Morgan fingerprint density at radius 2 is 2.24 bits per heavy atom. The number of nitrogens with zero attached hydrogens (tertiary/aromatic N) is 1. The summed E-state index contributed by atoms with van der Waals surface area (Å²) in [7, 11) is 1.64. The summed E-state index contributed by atoms with van der Waals surface area (Å²) in [6.07, 6.45) is -0.0103. The molecule has 1 aromatic rings. The fourth-order valence-corrected chi connectivity index (χ4v) is 2.00. The summed E-state index contributed by atoms with van der Waals surface area (Å²) < 4.78 is 18.9. The van der Waals surface area contributed by atoms with Gasteiger partial charge in [-0.15, -0.1) is 0 Å². The number of anilines is 1.